The van der Waals surface area contributed by atoms with Crippen LogP contribution in [0.3, 0.4) is 0 Å². The van der Waals surface area contributed by atoms with Crippen LogP contribution in [0.25, 0.3) is 0 Å². The van der Waals surface area contributed by atoms with Gasteiger partial charge in [0.25, 0.3) is 0 Å². The van der Waals surface area contributed by atoms with E-state index in [0.29, 0.717) is 10.5 Å². The molecule has 0 saturated carbocycles. The van der Waals surface area contributed by atoms with Crippen LogP contribution in [0.5, 0.6) is 0 Å². The van der Waals surface area contributed by atoms with Gasteiger partial charge in [-0.05, 0) is 26.2 Å². The van der Waals surface area contributed by atoms with Gasteiger partial charge in [-0.1, -0.05) is 18.5 Å². The lowest BCUT2D eigenvalue weighted by atomic mass is 10.1. The number of aromatic nitrogens is 1. The molecule has 1 aromatic heterocycles. The van der Waals surface area contributed by atoms with E-state index in [1.54, 1.807) is 11.3 Å². The Morgan fingerprint density at radius 3 is 3.00 bits per heavy atom. The highest BCUT2D eigenvalue weighted by Gasteiger charge is 2.29. The molecular weight excluding hydrogens is 228 g/mol. The Kier molecular flexibility index (Phi) is 3.65. The van der Waals surface area contributed by atoms with Gasteiger partial charge in [-0.15, -0.1) is 11.3 Å². The van der Waals surface area contributed by atoms with Crippen molar-refractivity contribution in [3.8, 4) is 0 Å². The van der Waals surface area contributed by atoms with Crippen molar-refractivity contribution in [3.05, 3.63) is 15.5 Å². The minimum absolute atomic E-state index is 0.657. The van der Waals surface area contributed by atoms with Crippen molar-refractivity contribution in [3.63, 3.8) is 0 Å². The average Bonchev–Trinajstić information content (AvgIpc) is 2.76. The van der Waals surface area contributed by atoms with Crippen LogP contribution in [0, 0.1) is 0 Å². The molecule has 1 fully saturated rings. The quantitative estimate of drug-likeness (QED) is 0.808. The maximum absolute atomic E-state index is 5.84. The summed E-state index contributed by atoms with van der Waals surface area (Å²) in [4.78, 5) is 7.96. The normalized spacial score (nSPS) is 27.4. The Morgan fingerprint density at radius 2 is 2.40 bits per heavy atom. The smallest absolute Gasteiger partial charge is 0.183 e. The third kappa shape index (κ3) is 2.52. The van der Waals surface area contributed by atoms with E-state index in [2.05, 4.69) is 23.7 Å². The number of hydrogen-bond donors (Lipinski definition) is 0. The molecule has 0 aromatic carbocycles. The van der Waals surface area contributed by atoms with E-state index in [1.807, 2.05) is 6.20 Å². The molecule has 2 rings (SSSR count). The van der Waals surface area contributed by atoms with E-state index in [-0.39, 0.29) is 0 Å². The molecule has 2 nitrogen and oxygen atoms in total. The molecule has 1 aliphatic heterocycles. The van der Waals surface area contributed by atoms with Crippen molar-refractivity contribution in [1.82, 2.24) is 9.88 Å². The number of hydrogen-bond acceptors (Lipinski definition) is 3. The Bertz CT molecular complexity index is 326. The van der Waals surface area contributed by atoms with Gasteiger partial charge in [0, 0.05) is 29.7 Å². The topological polar surface area (TPSA) is 16.1 Å². The Morgan fingerprint density at radius 1 is 1.60 bits per heavy atom. The standard InChI is InChI=1S/C11H17ClN2S/c1-3-9-5-4-8(2)14(9)7-10-6-13-11(12)15-10/h6,8-9H,3-5,7H2,1-2H3. The first-order valence-electron chi connectivity index (χ1n) is 5.56. The SMILES string of the molecule is CCC1CCC(C)N1Cc1cnc(Cl)s1. The molecule has 2 heterocycles. The molecule has 0 bridgehead atoms. The highest BCUT2D eigenvalue weighted by molar-refractivity contribution is 7.15. The molecule has 84 valence electrons. The lowest BCUT2D eigenvalue weighted by Crippen LogP contribution is -2.33. The van der Waals surface area contributed by atoms with Crippen LogP contribution in [0.1, 0.15) is 38.0 Å². The monoisotopic (exact) mass is 244 g/mol. The zero-order valence-corrected chi connectivity index (χ0v) is 10.8. The number of likely N-dealkylation sites (tertiary alicyclic amines) is 1. The highest BCUT2D eigenvalue weighted by Crippen LogP contribution is 2.29. The van der Waals surface area contributed by atoms with Crippen molar-refractivity contribution < 1.29 is 0 Å². The fourth-order valence-corrected chi connectivity index (χ4v) is 3.37. The van der Waals surface area contributed by atoms with Gasteiger partial charge in [-0.2, -0.15) is 0 Å². The molecule has 1 saturated heterocycles. The van der Waals surface area contributed by atoms with Gasteiger partial charge in [-0.25, -0.2) is 4.98 Å². The fraction of sp³-hybridized carbons (Fsp3) is 0.727. The third-order valence-corrected chi connectivity index (χ3v) is 4.39. The van der Waals surface area contributed by atoms with Crippen LogP contribution < -0.4 is 0 Å². The molecule has 2 unspecified atom stereocenters. The summed E-state index contributed by atoms with van der Waals surface area (Å²) in [5.41, 5.74) is 0. The highest BCUT2D eigenvalue weighted by atomic mass is 35.5. The number of rotatable bonds is 3. The van der Waals surface area contributed by atoms with Crippen molar-refractivity contribution in [2.75, 3.05) is 0 Å². The Hall–Kier alpha value is -0.120. The second-order valence-corrected chi connectivity index (χ2v) is 5.94. The van der Waals surface area contributed by atoms with Gasteiger partial charge in [-0.3, -0.25) is 4.90 Å². The van der Waals surface area contributed by atoms with E-state index in [9.17, 15) is 0 Å². The average molecular weight is 245 g/mol. The minimum Gasteiger partial charge on any atom is -0.293 e. The first-order valence-corrected chi connectivity index (χ1v) is 6.76. The summed E-state index contributed by atoms with van der Waals surface area (Å²) >= 11 is 7.44. The van der Waals surface area contributed by atoms with Crippen molar-refractivity contribution in [2.45, 2.75) is 51.7 Å². The van der Waals surface area contributed by atoms with Gasteiger partial charge in [0.05, 0.1) is 0 Å². The third-order valence-electron chi connectivity index (χ3n) is 3.29. The lowest BCUT2D eigenvalue weighted by Gasteiger charge is -2.26. The second kappa shape index (κ2) is 4.81. The summed E-state index contributed by atoms with van der Waals surface area (Å²) in [7, 11) is 0. The van der Waals surface area contributed by atoms with Gasteiger partial charge in [0.15, 0.2) is 4.47 Å². The van der Waals surface area contributed by atoms with Crippen LogP contribution in [-0.4, -0.2) is 22.0 Å². The van der Waals surface area contributed by atoms with Gasteiger partial charge in [0.2, 0.25) is 0 Å². The molecule has 2 atom stereocenters. The number of nitrogens with zero attached hydrogens (tertiary/aromatic N) is 2. The van der Waals surface area contributed by atoms with Crippen LogP contribution >= 0.6 is 22.9 Å². The molecule has 0 aliphatic carbocycles. The number of halogens is 1. The van der Waals surface area contributed by atoms with E-state index in [4.69, 9.17) is 11.6 Å². The summed E-state index contributed by atoms with van der Waals surface area (Å²) in [6, 6.07) is 1.46. The van der Waals surface area contributed by atoms with E-state index >= 15 is 0 Å². The van der Waals surface area contributed by atoms with Gasteiger partial charge >= 0.3 is 0 Å². The zero-order valence-electron chi connectivity index (χ0n) is 9.24. The van der Waals surface area contributed by atoms with Crippen molar-refractivity contribution in [1.29, 1.82) is 0 Å². The molecule has 1 aliphatic rings. The van der Waals surface area contributed by atoms with Crippen LogP contribution in [0.15, 0.2) is 6.20 Å². The summed E-state index contributed by atoms with van der Waals surface area (Å²) in [6.45, 7) is 5.61. The maximum atomic E-state index is 5.84. The predicted octanol–water partition coefficient (Wildman–Crippen LogP) is 3.56. The van der Waals surface area contributed by atoms with Gasteiger partial charge in [0.1, 0.15) is 0 Å². The lowest BCUT2D eigenvalue weighted by molar-refractivity contribution is 0.191. The van der Waals surface area contributed by atoms with E-state index in [1.165, 1.54) is 24.1 Å². The van der Waals surface area contributed by atoms with Crippen LogP contribution in [-0.2, 0) is 6.54 Å². The molecule has 15 heavy (non-hydrogen) atoms. The Balaban J connectivity index is 2.03. The zero-order chi connectivity index (χ0) is 10.8. The largest absolute Gasteiger partial charge is 0.293 e. The summed E-state index contributed by atoms with van der Waals surface area (Å²) in [6.07, 6.45) is 5.82. The molecule has 0 amide bonds. The summed E-state index contributed by atoms with van der Waals surface area (Å²) < 4.78 is 0.657. The minimum atomic E-state index is 0.657. The molecule has 0 N–H and O–H groups in total. The van der Waals surface area contributed by atoms with E-state index in [0.717, 1.165) is 12.6 Å². The fourth-order valence-electron chi connectivity index (χ4n) is 2.39. The summed E-state index contributed by atoms with van der Waals surface area (Å²) in [5, 5.41) is 0. The van der Waals surface area contributed by atoms with Crippen LogP contribution in [0.2, 0.25) is 4.47 Å². The second-order valence-electron chi connectivity index (χ2n) is 4.24. The van der Waals surface area contributed by atoms with Gasteiger partial charge < -0.3 is 0 Å². The molecule has 0 radical (unpaired) electrons. The predicted molar refractivity (Wildman–Crippen MR) is 65.4 cm³/mol. The Labute approximate surface area is 100 Å². The number of thiazole rings is 1. The van der Waals surface area contributed by atoms with Crippen molar-refractivity contribution >= 4 is 22.9 Å². The first-order chi connectivity index (χ1) is 7.20. The first kappa shape index (κ1) is 11.4. The molecule has 1 aromatic rings. The molecule has 0 spiro atoms. The van der Waals surface area contributed by atoms with E-state index < -0.39 is 0 Å². The maximum Gasteiger partial charge on any atom is 0.183 e. The molecular formula is C11H17ClN2S. The molecule has 4 heteroatoms. The van der Waals surface area contributed by atoms with Crippen molar-refractivity contribution in [2.24, 2.45) is 0 Å². The van der Waals surface area contributed by atoms with Crippen LogP contribution in [0.4, 0.5) is 0 Å². The summed E-state index contributed by atoms with van der Waals surface area (Å²) in [5.74, 6) is 0.